The molecule has 1 aromatic carbocycles. The number of rotatable bonds is 3. The number of nitrogens with one attached hydrogen (secondary N) is 1. The average molecular weight is 222 g/mol. The molecule has 0 radical (unpaired) electrons. The van der Waals surface area contributed by atoms with Crippen molar-refractivity contribution in [2.45, 2.75) is 19.3 Å². The summed E-state index contributed by atoms with van der Waals surface area (Å²) in [6.07, 6.45) is 3.27. The van der Waals surface area contributed by atoms with Gasteiger partial charge in [-0.25, -0.2) is 0 Å². The number of benzene rings is 1. The van der Waals surface area contributed by atoms with Gasteiger partial charge in [0.25, 0.3) is 0 Å². The fourth-order valence-corrected chi connectivity index (χ4v) is 2.04. The summed E-state index contributed by atoms with van der Waals surface area (Å²) in [4.78, 5) is 13.6. The molecule has 78 valence electrons. The molecule has 0 bridgehead atoms. The van der Waals surface area contributed by atoms with Crippen molar-refractivity contribution in [3.8, 4) is 0 Å². The van der Waals surface area contributed by atoms with Crippen molar-refractivity contribution in [2.75, 3.05) is 0 Å². The van der Waals surface area contributed by atoms with E-state index in [9.17, 15) is 4.79 Å². The molecule has 0 fully saturated rings. The SMILES string of the molecule is CC(CC=O)c1cccc2c(Cl)c[nH]c12. The minimum atomic E-state index is 0.223. The summed E-state index contributed by atoms with van der Waals surface area (Å²) in [6.45, 7) is 2.04. The molecule has 15 heavy (non-hydrogen) atoms. The van der Waals surface area contributed by atoms with Gasteiger partial charge in [-0.05, 0) is 11.5 Å². The third-order valence-electron chi connectivity index (χ3n) is 2.68. The Morgan fingerprint density at radius 2 is 2.33 bits per heavy atom. The van der Waals surface area contributed by atoms with Gasteiger partial charge in [0, 0.05) is 18.0 Å². The first-order valence-corrected chi connectivity index (χ1v) is 5.31. The molecule has 0 amide bonds. The van der Waals surface area contributed by atoms with E-state index in [1.54, 1.807) is 6.20 Å². The van der Waals surface area contributed by atoms with E-state index in [1.807, 2.05) is 25.1 Å². The maximum Gasteiger partial charge on any atom is 0.120 e. The number of aldehydes is 1. The van der Waals surface area contributed by atoms with Crippen molar-refractivity contribution in [3.05, 3.63) is 35.0 Å². The highest BCUT2D eigenvalue weighted by molar-refractivity contribution is 6.35. The van der Waals surface area contributed by atoms with Gasteiger partial charge in [-0.3, -0.25) is 0 Å². The van der Waals surface area contributed by atoms with E-state index >= 15 is 0 Å². The van der Waals surface area contributed by atoms with Gasteiger partial charge in [0.1, 0.15) is 6.29 Å². The van der Waals surface area contributed by atoms with Crippen LogP contribution in [0, 0.1) is 0 Å². The van der Waals surface area contributed by atoms with Crippen molar-refractivity contribution in [1.29, 1.82) is 0 Å². The van der Waals surface area contributed by atoms with Gasteiger partial charge in [0.15, 0.2) is 0 Å². The second kappa shape index (κ2) is 4.07. The number of para-hydroxylation sites is 1. The van der Waals surface area contributed by atoms with Crippen molar-refractivity contribution < 1.29 is 4.79 Å². The molecular weight excluding hydrogens is 210 g/mol. The van der Waals surface area contributed by atoms with Crippen molar-refractivity contribution in [2.24, 2.45) is 0 Å². The number of aromatic nitrogens is 1. The fourth-order valence-electron chi connectivity index (χ4n) is 1.83. The number of fused-ring (bicyclic) bond motifs is 1. The van der Waals surface area contributed by atoms with Crippen LogP contribution < -0.4 is 0 Å². The van der Waals surface area contributed by atoms with Crippen molar-refractivity contribution >= 4 is 28.8 Å². The monoisotopic (exact) mass is 221 g/mol. The summed E-state index contributed by atoms with van der Waals surface area (Å²) in [5, 5.41) is 1.75. The smallest absolute Gasteiger partial charge is 0.120 e. The van der Waals surface area contributed by atoms with Gasteiger partial charge in [0.05, 0.1) is 10.5 Å². The van der Waals surface area contributed by atoms with Gasteiger partial charge >= 0.3 is 0 Å². The summed E-state index contributed by atoms with van der Waals surface area (Å²) in [5.41, 5.74) is 2.18. The molecule has 1 unspecified atom stereocenters. The third-order valence-corrected chi connectivity index (χ3v) is 2.99. The largest absolute Gasteiger partial charge is 0.360 e. The molecule has 2 rings (SSSR count). The zero-order valence-electron chi connectivity index (χ0n) is 8.46. The number of H-pyrrole nitrogens is 1. The molecule has 1 aromatic heterocycles. The van der Waals surface area contributed by atoms with Gasteiger partial charge in [-0.1, -0.05) is 36.7 Å². The summed E-state index contributed by atoms with van der Waals surface area (Å²) < 4.78 is 0. The Balaban J connectivity index is 2.55. The Labute approximate surface area is 93.2 Å². The highest BCUT2D eigenvalue weighted by Gasteiger charge is 2.11. The number of hydrogen-bond acceptors (Lipinski definition) is 1. The first-order chi connectivity index (χ1) is 7.24. The Bertz CT molecular complexity index is 489. The Morgan fingerprint density at radius 3 is 3.07 bits per heavy atom. The molecule has 0 aliphatic heterocycles. The Kier molecular flexibility index (Phi) is 2.78. The van der Waals surface area contributed by atoms with E-state index in [0.717, 1.165) is 27.8 Å². The van der Waals surface area contributed by atoms with Crippen LogP contribution in [0.15, 0.2) is 24.4 Å². The molecule has 2 nitrogen and oxygen atoms in total. The van der Waals surface area contributed by atoms with E-state index in [1.165, 1.54) is 0 Å². The van der Waals surface area contributed by atoms with Crippen LogP contribution in [0.2, 0.25) is 5.02 Å². The van der Waals surface area contributed by atoms with Gasteiger partial charge in [-0.15, -0.1) is 0 Å². The number of halogens is 1. The molecule has 0 saturated heterocycles. The number of carbonyl (C=O) groups excluding carboxylic acids is 1. The first kappa shape index (κ1) is 10.2. The predicted molar refractivity (Wildman–Crippen MR) is 62.4 cm³/mol. The molecule has 2 aromatic rings. The number of hydrogen-bond donors (Lipinski definition) is 1. The second-order valence-corrected chi connectivity index (χ2v) is 4.12. The molecule has 1 atom stereocenters. The Hall–Kier alpha value is -1.28. The van der Waals surface area contributed by atoms with E-state index in [-0.39, 0.29) is 5.92 Å². The topological polar surface area (TPSA) is 32.9 Å². The lowest BCUT2D eigenvalue weighted by molar-refractivity contribution is -0.108. The summed E-state index contributed by atoms with van der Waals surface area (Å²) >= 11 is 6.03. The standard InChI is InChI=1S/C12H12ClNO/c1-8(5-6-15)9-3-2-4-10-11(13)7-14-12(9)10/h2-4,6-8,14H,5H2,1H3. The summed E-state index contributed by atoms with van der Waals surface area (Å²) in [5.74, 6) is 0.223. The molecule has 3 heteroatoms. The molecule has 1 N–H and O–H groups in total. The van der Waals surface area contributed by atoms with Gasteiger partial charge in [-0.2, -0.15) is 0 Å². The molecular formula is C12H12ClNO. The maximum atomic E-state index is 10.5. The van der Waals surface area contributed by atoms with Crippen LogP contribution in [0.1, 0.15) is 24.8 Å². The van der Waals surface area contributed by atoms with E-state index in [4.69, 9.17) is 11.6 Å². The van der Waals surface area contributed by atoms with E-state index < -0.39 is 0 Å². The maximum absolute atomic E-state index is 10.5. The van der Waals surface area contributed by atoms with Crippen molar-refractivity contribution in [1.82, 2.24) is 4.98 Å². The predicted octanol–water partition coefficient (Wildman–Crippen LogP) is 3.51. The third kappa shape index (κ3) is 1.77. The molecule has 0 aliphatic rings. The van der Waals surface area contributed by atoms with E-state index in [2.05, 4.69) is 4.98 Å². The minimum absolute atomic E-state index is 0.223. The van der Waals surface area contributed by atoms with Crippen LogP contribution in [0.5, 0.6) is 0 Å². The van der Waals surface area contributed by atoms with Crippen LogP contribution >= 0.6 is 11.6 Å². The van der Waals surface area contributed by atoms with Crippen LogP contribution in [0.3, 0.4) is 0 Å². The van der Waals surface area contributed by atoms with E-state index in [0.29, 0.717) is 6.42 Å². The lowest BCUT2D eigenvalue weighted by Crippen LogP contribution is -1.95. The quantitative estimate of drug-likeness (QED) is 0.791. The summed E-state index contributed by atoms with van der Waals surface area (Å²) in [6, 6.07) is 5.98. The van der Waals surface area contributed by atoms with Crippen molar-refractivity contribution in [3.63, 3.8) is 0 Å². The highest BCUT2D eigenvalue weighted by atomic mass is 35.5. The minimum Gasteiger partial charge on any atom is -0.360 e. The lowest BCUT2D eigenvalue weighted by atomic mass is 9.96. The second-order valence-electron chi connectivity index (χ2n) is 3.71. The Morgan fingerprint density at radius 1 is 1.53 bits per heavy atom. The number of carbonyl (C=O) groups is 1. The fraction of sp³-hybridized carbons (Fsp3) is 0.250. The highest BCUT2D eigenvalue weighted by Crippen LogP contribution is 2.30. The van der Waals surface area contributed by atoms with Gasteiger partial charge in [0.2, 0.25) is 0 Å². The molecule has 0 spiro atoms. The lowest BCUT2D eigenvalue weighted by Gasteiger charge is -2.09. The number of aromatic amines is 1. The molecule has 0 aliphatic carbocycles. The van der Waals surface area contributed by atoms with Crippen LogP contribution in [-0.2, 0) is 4.79 Å². The van der Waals surface area contributed by atoms with Gasteiger partial charge < -0.3 is 9.78 Å². The van der Waals surface area contributed by atoms with Crippen LogP contribution in [-0.4, -0.2) is 11.3 Å². The zero-order valence-corrected chi connectivity index (χ0v) is 9.21. The molecule has 1 heterocycles. The average Bonchev–Trinajstić information content (AvgIpc) is 2.61. The summed E-state index contributed by atoms with van der Waals surface area (Å²) in [7, 11) is 0. The normalized spacial score (nSPS) is 12.9. The zero-order chi connectivity index (χ0) is 10.8. The van der Waals surface area contributed by atoms with Crippen LogP contribution in [0.25, 0.3) is 10.9 Å². The first-order valence-electron chi connectivity index (χ1n) is 4.93. The molecule has 0 saturated carbocycles. The van der Waals surface area contributed by atoms with Crippen LogP contribution in [0.4, 0.5) is 0 Å².